The number of benzene rings is 2. The number of carboxylic acids is 1. The highest BCUT2D eigenvalue weighted by atomic mass is 16.5. The van der Waals surface area contributed by atoms with Crippen LogP contribution in [0.5, 0.6) is 0 Å². The third-order valence-corrected chi connectivity index (χ3v) is 4.82. The van der Waals surface area contributed by atoms with Crippen molar-refractivity contribution in [1.82, 2.24) is 5.32 Å². The summed E-state index contributed by atoms with van der Waals surface area (Å²) in [6, 6.07) is 16.2. The number of carbonyl (C=O) groups is 2. The van der Waals surface area contributed by atoms with Gasteiger partial charge in [-0.3, -0.25) is 4.79 Å². The lowest BCUT2D eigenvalue weighted by atomic mass is 9.74. The number of aromatic carboxylic acids is 1. The zero-order valence-electron chi connectivity index (χ0n) is 13.9. The lowest BCUT2D eigenvalue weighted by Gasteiger charge is -2.38. The summed E-state index contributed by atoms with van der Waals surface area (Å²) in [6.45, 7) is 1.88. The molecule has 130 valence electrons. The van der Waals surface area contributed by atoms with Crippen LogP contribution in [0.2, 0.25) is 0 Å². The Labute approximate surface area is 146 Å². The van der Waals surface area contributed by atoms with Crippen LogP contribution < -0.4 is 5.32 Å². The molecule has 1 heterocycles. The molecular formula is C20H21NO4. The van der Waals surface area contributed by atoms with Crippen molar-refractivity contribution in [3.05, 3.63) is 71.3 Å². The number of rotatable bonds is 5. The van der Waals surface area contributed by atoms with E-state index in [4.69, 9.17) is 9.84 Å². The van der Waals surface area contributed by atoms with Gasteiger partial charge in [0.25, 0.3) is 5.91 Å². The van der Waals surface area contributed by atoms with Gasteiger partial charge in [-0.2, -0.15) is 0 Å². The SMILES string of the molecule is O=C(O)c1ccc(C(=O)NCC2(c3ccccc3)CCOCC2)cc1. The smallest absolute Gasteiger partial charge is 0.335 e. The number of carbonyl (C=O) groups excluding carboxylic acids is 1. The second kappa shape index (κ2) is 7.49. The molecular weight excluding hydrogens is 318 g/mol. The van der Waals surface area contributed by atoms with E-state index in [9.17, 15) is 9.59 Å². The molecule has 5 nitrogen and oxygen atoms in total. The molecule has 0 aromatic heterocycles. The molecule has 1 fully saturated rings. The van der Waals surface area contributed by atoms with Crippen LogP contribution >= 0.6 is 0 Å². The molecule has 0 spiro atoms. The van der Waals surface area contributed by atoms with Gasteiger partial charge < -0.3 is 15.2 Å². The van der Waals surface area contributed by atoms with Crippen LogP contribution in [0.4, 0.5) is 0 Å². The average molecular weight is 339 g/mol. The summed E-state index contributed by atoms with van der Waals surface area (Å²) in [5, 5.41) is 12.0. The Hall–Kier alpha value is -2.66. The van der Waals surface area contributed by atoms with Crippen molar-refractivity contribution in [2.75, 3.05) is 19.8 Å². The van der Waals surface area contributed by atoms with Crippen molar-refractivity contribution in [3.8, 4) is 0 Å². The molecule has 1 aliphatic rings. The van der Waals surface area contributed by atoms with E-state index >= 15 is 0 Å². The Morgan fingerprint density at radius 2 is 1.56 bits per heavy atom. The first-order chi connectivity index (χ1) is 12.1. The summed E-state index contributed by atoms with van der Waals surface area (Å²) >= 11 is 0. The van der Waals surface area contributed by atoms with E-state index in [1.54, 1.807) is 0 Å². The summed E-state index contributed by atoms with van der Waals surface area (Å²) in [7, 11) is 0. The highest BCUT2D eigenvalue weighted by Crippen LogP contribution is 2.34. The van der Waals surface area contributed by atoms with Crippen LogP contribution in [0.1, 0.15) is 39.1 Å². The van der Waals surface area contributed by atoms with Crippen molar-refractivity contribution < 1.29 is 19.4 Å². The minimum Gasteiger partial charge on any atom is -0.478 e. The van der Waals surface area contributed by atoms with Crippen molar-refractivity contribution >= 4 is 11.9 Å². The maximum Gasteiger partial charge on any atom is 0.335 e. The monoisotopic (exact) mass is 339 g/mol. The van der Waals surface area contributed by atoms with Gasteiger partial charge in [-0.25, -0.2) is 4.79 Å². The molecule has 1 aliphatic heterocycles. The van der Waals surface area contributed by atoms with Gasteiger partial charge in [-0.05, 0) is 42.7 Å². The van der Waals surface area contributed by atoms with Crippen LogP contribution in [0.25, 0.3) is 0 Å². The Morgan fingerprint density at radius 3 is 2.16 bits per heavy atom. The second-order valence-electron chi connectivity index (χ2n) is 6.32. The van der Waals surface area contributed by atoms with Crippen LogP contribution in [-0.4, -0.2) is 36.7 Å². The third kappa shape index (κ3) is 3.88. The van der Waals surface area contributed by atoms with Crippen LogP contribution in [0.3, 0.4) is 0 Å². The highest BCUT2D eigenvalue weighted by Gasteiger charge is 2.34. The topological polar surface area (TPSA) is 75.6 Å². The Morgan fingerprint density at radius 1 is 0.960 bits per heavy atom. The molecule has 5 heteroatoms. The van der Waals surface area contributed by atoms with Crippen LogP contribution in [-0.2, 0) is 10.2 Å². The largest absolute Gasteiger partial charge is 0.478 e. The number of carboxylic acid groups (broad SMARTS) is 1. The summed E-state index contributed by atoms with van der Waals surface area (Å²) in [6.07, 6.45) is 1.71. The Balaban J connectivity index is 1.72. The van der Waals surface area contributed by atoms with Crippen molar-refractivity contribution in [3.63, 3.8) is 0 Å². The van der Waals surface area contributed by atoms with Gasteiger partial charge in [0.15, 0.2) is 0 Å². The summed E-state index contributed by atoms with van der Waals surface area (Å²) in [5.41, 5.74) is 1.71. The lowest BCUT2D eigenvalue weighted by Crippen LogP contribution is -2.44. The quantitative estimate of drug-likeness (QED) is 0.878. The van der Waals surface area contributed by atoms with E-state index in [2.05, 4.69) is 17.4 Å². The maximum atomic E-state index is 12.5. The second-order valence-corrected chi connectivity index (χ2v) is 6.32. The van der Waals surface area contributed by atoms with Gasteiger partial charge >= 0.3 is 5.97 Å². The van der Waals surface area contributed by atoms with Crippen LogP contribution in [0.15, 0.2) is 54.6 Å². The molecule has 2 aromatic carbocycles. The first kappa shape index (κ1) is 17.2. The number of ether oxygens (including phenoxy) is 1. The van der Waals surface area contributed by atoms with E-state index in [-0.39, 0.29) is 16.9 Å². The lowest BCUT2D eigenvalue weighted by molar-refractivity contribution is 0.0487. The van der Waals surface area contributed by atoms with Gasteiger partial charge in [-0.1, -0.05) is 30.3 Å². The number of nitrogens with one attached hydrogen (secondary N) is 1. The van der Waals surface area contributed by atoms with Crippen molar-refractivity contribution in [2.45, 2.75) is 18.3 Å². The molecule has 0 unspecified atom stereocenters. The molecule has 0 saturated carbocycles. The zero-order chi connectivity index (χ0) is 17.7. The van der Waals surface area contributed by atoms with E-state index in [0.717, 1.165) is 12.8 Å². The zero-order valence-corrected chi connectivity index (χ0v) is 13.9. The van der Waals surface area contributed by atoms with E-state index in [1.165, 1.54) is 29.8 Å². The average Bonchev–Trinajstić information content (AvgIpc) is 2.67. The Bertz CT molecular complexity index is 734. The molecule has 0 bridgehead atoms. The van der Waals surface area contributed by atoms with Crippen molar-refractivity contribution in [1.29, 1.82) is 0 Å². The fourth-order valence-corrected chi connectivity index (χ4v) is 3.24. The molecule has 2 N–H and O–H groups in total. The third-order valence-electron chi connectivity index (χ3n) is 4.82. The first-order valence-corrected chi connectivity index (χ1v) is 8.36. The van der Waals surface area contributed by atoms with Gasteiger partial charge in [0.1, 0.15) is 0 Å². The molecule has 2 aromatic rings. The number of amides is 1. The Kier molecular flexibility index (Phi) is 5.14. The molecule has 0 aliphatic carbocycles. The van der Waals surface area contributed by atoms with E-state index < -0.39 is 5.97 Å². The van der Waals surface area contributed by atoms with Gasteiger partial charge in [0, 0.05) is 30.7 Å². The minimum atomic E-state index is -1.00. The predicted octanol–water partition coefficient (Wildman–Crippen LogP) is 2.86. The molecule has 3 rings (SSSR count). The van der Waals surface area contributed by atoms with E-state index in [1.807, 2.05) is 18.2 Å². The number of hydrogen-bond acceptors (Lipinski definition) is 3. The van der Waals surface area contributed by atoms with Gasteiger partial charge in [-0.15, -0.1) is 0 Å². The fourth-order valence-electron chi connectivity index (χ4n) is 3.24. The standard InChI is InChI=1S/C20H21NO4/c22-18(15-6-8-16(9-7-15)19(23)24)21-14-20(10-12-25-13-11-20)17-4-2-1-3-5-17/h1-9H,10-14H2,(H,21,22)(H,23,24). The van der Waals surface area contributed by atoms with E-state index in [0.29, 0.717) is 25.3 Å². The fraction of sp³-hybridized carbons (Fsp3) is 0.300. The molecule has 1 saturated heterocycles. The molecule has 0 atom stereocenters. The molecule has 25 heavy (non-hydrogen) atoms. The predicted molar refractivity (Wildman–Crippen MR) is 93.9 cm³/mol. The highest BCUT2D eigenvalue weighted by molar-refractivity contribution is 5.95. The summed E-state index contributed by atoms with van der Waals surface area (Å²) in [5.74, 6) is -1.20. The minimum absolute atomic E-state index is 0.129. The van der Waals surface area contributed by atoms with Crippen LogP contribution in [0, 0.1) is 0 Å². The number of hydrogen-bond donors (Lipinski definition) is 2. The normalized spacial score (nSPS) is 16.2. The van der Waals surface area contributed by atoms with Gasteiger partial charge in [0.05, 0.1) is 5.56 Å². The summed E-state index contributed by atoms with van der Waals surface area (Å²) in [4.78, 5) is 23.4. The first-order valence-electron chi connectivity index (χ1n) is 8.36. The summed E-state index contributed by atoms with van der Waals surface area (Å²) < 4.78 is 5.50. The van der Waals surface area contributed by atoms with Crippen molar-refractivity contribution in [2.24, 2.45) is 0 Å². The molecule has 1 amide bonds. The maximum absolute atomic E-state index is 12.5. The van der Waals surface area contributed by atoms with Gasteiger partial charge in [0.2, 0.25) is 0 Å². The molecule has 0 radical (unpaired) electrons.